The van der Waals surface area contributed by atoms with Crippen LogP contribution < -0.4 is 5.32 Å². The Labute approximate surface area is 128 Å². The molecular weight excluding hydrogens is 266 g/mol. The number of ether oxygens (including phenoxy) is 1. The second-order valence-corrected chi connectivity index (χ2v) is 9.00. The summed E-state index contributed by atoms with van der Waals surface area (Å²) in [7, 11) is 0. The maximum Gasteiger partial charge on any atom is 0.0684 e. The third kappa shape index (κ3) is 2.55. The summed E-state index contributed by atoms with van der Waals surface area (Å²) in [6, 6.07) is 0.666. The van der Waals surface area contributed by atoms with Crippen molar-refractivity contribution in [3.05, 3.63) is 0 Å². The fraction of sp³-hybridized carbons (Fsp3) is 1.00. The topological polar surface area (TPSA) is 21.3 Å². The lowest BCUT2D eigenvalue weighted by atomic mass is 9.55. The van der Waals surface area contributed by atoms with E-state index < -0.39 is 0 Å². The molecule has 2 nitrogen and oxygen atoms in total. The number of rotatable bonds is 4. The first-order valence-electron chi connectivity index (χ1n) is 8.49. The summed E-state index contributed by atoms with van der Waals surface area (Å²) in [5.41, 5.74) is 0.319. The Morgan fingerprint density at radius 3 is 2.60 bits per heavy atom. The van der Waals surface area contributed by atoms with Crippen LogP contribution in [0, 0.1) is 11.3 Å². The highest BCUT2D eigenvalue weighted by Gasteiger charge is 2.57. The van der Waals surface area contributed by atoms with Gasteiger partial charge in [-0.2, -0.15) is 11.8 Å². The van der Waals surface area contributed by atoms with E-state index in [0.29, 0.717) is 22.3 Å². The van der Waals surface area contributed by atoms with E-state index >= 15 is 0 Å². The Kier molecular flexibility index (Phi) is 4.41. The van der Waals surface area contributed by atoms with Crippen LogP contribution >= 0.6 is 11.8 Å². The van der Waals surface area contributed by atoms with Gasteiger partial charge in [0.2, 0.25) is 0 Å². The zero-order valence-corrected chi connectivity index (χ0v) is 14.2. The quantitative estimate of drug-likeness (QED) is 0.852. The largest absolute Gasteiger partial charge is 0.377 e. The Balaban J connectivity index is 1.60. The van der Waals surface area contributed by atoms with Crippen molar-refractivity contribution in [2.45, 2.75) is 75.7 Å². The lowest BCUT2D eigenvalue weighted by molar-refractivity contribution is -0.192. The first-order chi connectivity index (χ1) is 9.59. The lowest BCUT2D eigenvalue weighted by Crippen LogP contribution is -2.70. The summed E-state index contributed by atoms with van der Waals surface area (Å²) < 4.78 is 6.53. The van der Waals surface area contributed by atoms with Crippen molar-refractivity contribution in [3.63, 3.8) is 0 Å². The normalized spacial score (nSPS) is 38.9. The van der Waals surface area contributed by atoms with Crippen molar-refractivity contribution in [1.29, 1.82) is 0 Å². The van der Waals surface area contributed by atoms with E-state index in [1.165, 1.54) is 51.5 Å². The molecule has 0 aromatic carbocycles. The van der Waals surface area contributed by atoms with Crippen LogP contribution in [-0.4, -0.2) is 36.3 Å². The van der Waals surface area contributed by atoms with Gasteiger partial charge in [0, 0.05) is 35.3 Å². The van der Waals surface area contributed by atoms with E-state index in [1.807, 2.05) is 0 Å². The van der Waals surface area contributed by atoms with Gasteiger partial charge in [-0.25, -0.2) is 0 Å². The Morgan fingerprint density at radius 1 is 1.15 bits per heavy atom. The average molecular weight is 298 g/mol. The standard InChI is InChI=1S/C17H31NOS/c1-16(2)14(13-8-7-11-19-15(13)16)18-12-17(20-3)9-5-4-6-10-17/h13-15,18H,4-12H2,1-3H3. The van der Waals surface area contributed by atoms with E-state index in [9.17, 15) is 0 Å². The molecule has 1 N–H and O–H groups in total. The molecule has 3 atom stereocenters. The Bertz CT molecular complexity index is 338. The fourth-order valence-corrected chi connectivity index (χ4v) is 5.81. The van der Waals surface area contributed by atoms with Gasteiger partial charge >= 0.3 is 0 Å². The van der Waals surface area contributed by atoms with Crippen molar-refractivity contribution in [1.82, 2.24) is 5.32 Å². The smallest absolute Gasteiger partial charge is 0.0684 e. The average Bonchev–Trinajstić information content (AvgIpc) is 2.48. The highest BCUT2D eigenvalue weighted by molar-refractivity contribution is 8.00. The van der Waals surface area contributed by atoms with Gasteiger partial charge in [-0.1, -0.05) is 33.1 Å². The van der Waals surface area contributed by atoms with Gasteiger partial charge < -0.3 is 10.1 Å². The fourth-order valence-electron chi connectivity index (χ4n) is 4.88. The van der Waals surface area contributed by atoms with Crippen LogP contribution in [0.1, 0.15) is 58.8 Å². The molecule has 3 fully saturated rings. The zero-order chi connectivity index (χ0) is 14.2. The Morgan fingerprint density at radius 2 is 1.90 bits per heavy atom. The summed E-state index contributed by atoms with van der Waals surface area (Å²) >= 11 is 2.11. The summed E-state index contributed by atoms with van der Waals surface area (Å²) in [5, 5.41) is 3.97. The molecule has 1 saturated heterocycles. The van der Waals surface area contributed by atoms with Crippen LogP contribution in [0.25, 0.3) is 0 Å². The zero-order valence-electron chi connectivity index (χ0n) is 13.4. The van der Waals surface area contributed by atoms with E-state index in [4.69, 9.17) is 4.74 Å². The maximum absolute atomic E-state index is 6.02. The molecule has 0 bridgehead atoms. The van der Waals surface area contributed by atoms with Crippen LogP contribution in [0.5, 0.6) is 0 Å². The lowest BCUT2D eigenvalue weighted by Gasteiger charge is -2.60. The van der Waals surface area contributed by atoms with Crippen LogP contribution in [-0.2, 0) is 4.74 Å². The van der Waals surface area contributed by atoms with E-state index in [-0.39, 0.29) is 0 Å². The molecule has 1 aliphatic heterocycles. The monoisotopic (exact) mass is 297 g/mol. The second-order valence-electron chi connectivity index (χ2n) is 7.73. The number of fused-ring (bicyclic) bond motifs is 1. The molecule has 2 saturated carbocycles. The Hall–Kier alpha value is 0.270. The number of thioether (sulfide) groups is 1. The summed E-state index contributed by atoms with van der Waals surface area (Å²) in [4.78, 5) is 0. The van der Waals surface area contributed by atoms with Crippen molar-refractivity contribution in [2.24, 2.45) is 11.3 Å². The maximum atomic E-state index is 6.02. The molecule has 2 aliphatic carbocycles. The molecule has 3 aliphatic rings. The SMILES string of the molecule is CSC1(CNC2C3CCCOC3C2(C)C)CCCCC1. The first kappa shape index (κ1) is 15.2. The van der Waals surface area contributed by atoms with Crippen molar-refractivity contribution >= 4 is 11.8 Å². The molecule has 0 aromatic rings. The van der Waals surface area contributed by atoms with Gasteiger partial charge in [-0.3, -0.25) is 0 Å². The van der Waals surface area contributed by atoms with Gasteiger partial charge in [0.15, 0.2) is 0 Å². The summed E-state index contributed by atoms with van der Waals surface area (Å²) in [6.07, 6.45) is 12.5. The first-order valence-corrected chi connectivity index (χ1v) is 9.72. The van der Waals surface area contributed by atoms with Gasteiger partial charge in [-0.15, -0.1) is 0 Å². The molecule has 116 valence electrons. The minimum absolute atomic E-state index is 0.319. The van der Waals surface area contributed by atoms with Crippen molar-refractivity contribution in [2.75, 3.05) is 19.4 Å². The minimum Gasteiger partial charge on any atom is -0.377 e. The van der Waals surface area contributed by atoms with Crippen molar-refractivity contribution < 1.29 is 4.74 Å². The van der Waals surface area contributed by atoms with Gasteiger partial charge in [-0.05, 0) is 31.9 Å². The number of nitrogens with one attached hydrogen (secondary N) is 1. The van der Waals surface area contributed by atoms with E-state index in [1.54, 1.807) is 0 Å². The summed E-state index contributed by atoms with van der Waals surface area (Å²) in [6.45, 7) is 6.96. The third-order valence-electron chi connectivity index (χ3n) is 6.17. The second kappa shape index (κ2) is 5.81. The molecule has 0 spiro atoms. The van der Waals surface area contributed by atoms with Gasteiger partial charge in [0.05, 0.1) is 6.10 Å². The molecule has 3 rings (SSSR count). The molecule has 1 heterocycles. The van der Waals surface area contributed by atoms with Crippen LogP contribution in [0.4, 0.5) is 0 Å². The van der Waals surface area contributed by atoms with E-state index in [0.717, 1.165) is 12.5 Å². The molecule has 3 unspecified atom stereocenters. The molecule has 0 amide bonds. The third-order valence-corrected chi connectivity index (χ3v) is 7.59. The number of hydrogen-bond acceptors (Lipinski definition) is 3. The number of hydrogen-bond donors (Lipinski definition) is 1. The molecule has 20 heavy (non-hydrogen) atoms. The highest BCUT2D eigenvalue weighted by Crippen LogP contribution is 2.51. The van der Waals surface area contributed by atoms with Crippen LogP contribution in [0.3, 0.4) is 0 Å². The molecular formula is C17H31NOS. The van der Waals surface area contributed by atoms with E-state index in [2.05, 4.69) is 37.2 Å². The highest BCUT2D eigenvalue weighted by atomic mass is 32.2. The molecule has 0 radical (unpaired) electrons. The summed E-state index contributed by atoms with van der Waals surface area (Å²) in [5.74, 6) is 0.765. The predicted octanol–water partition coefficient (Wildman–Crippen LogP) is 3.85. The van der Waals surface area contributed by atoms with Crippen LogP contribution in [0.2, 0.25) is 0 Å². The van der Waals surface area contributed by atoms with Gasteiger partial charge in [0.25, 0.3) is 0 Å². The van der Waals surface area contributed by atoms with Crippen LogP contribution in [0.15, 0.2) is 0 Å². The van der Waals surface area contributed by atoms with Gasteiger partial charge in [0.1, 0.15) is 0 Å². The van der Waals surface area contributed by atoms with Crippen molar-refractivity contribution in [3.8, 4) is 0 Å². The minimum atomic E-state index is 0.319. The predicted molar refractivity (Wildman–Crippen MR) is 87.4 cm³/mol. The molecule has 3 heteroatoms. The molecule has 0 aromatic heterocycles.